The van der Waals surface area contributed by atoms with Gasteiger partial charge in [0.15, 0.2) is 11.5 Å². The second-order valence-electron chi connectivity index (χ2n) is 8.16. The minimum atomic E-state index is -4.60. The fraction of sp³-hybridized carbons (Fsp3) is 0.619. The first kappa shape index (κ1) is 21.1. The van der Waals surface area contributed by atoms with Crippen LogP contribution in [0.25, 0.3) is 0 Å². The van der Waals surface area contributed by atoms with Crippen LogP contribution in [-0.2, 0) is 15.7 Å². The molecule has 1 saturated heterocycles. The number of alkyl halides is 3. The van der Waals surface area contributed by atoms with Gasteiger partial charge in [0.05, 0.1) is 29.6 Å². The molecule has 1 aromatic rings. The van der Waals surface area contributed by atoms with Crippen molar-refractivity contribution < 1.29 is 27.6 Å². The Labute approximate surface area is 172 Å². The summed E-state index contributed by atoms with van der Waals surface area (Å²) in [5, 5.41) is 12.0. The number of nitro groups is 1. The van der Waals surface area contributed by atoms with Crippen molar-refractivity contribution in [2.75, 3.05) is 26.3 Å². The molecule has 2 aliphatic heterocycles. The number of halogens is 3. The number of hydrogen-bond donors (Lipinski definition) is 0. The van der Waals surface area contributed by atoms with Gasteiger partial charge >= 0.3 is 6.18 Å². The maximum absolute atomic E-state index is 13.9. The zero-order valence-corrected chi connectivity index (χ0v) is 16.8. The Hall–Kier alpha value is -2.13. The van der Waals surface area contributed by atoms with Crippen LogP contribution in [-0.4, -0.2) is 41.9 Å². The van der Waals surface area contributed by atoms with Gasteiger partial charge in [0.25, 0.3) is 5.70 Å². The highest BCUT2D eigenvalue weighted by molar-refractivity contribution is 5.39. The third-order valence-corrected chi connectivity index (χ3v) is 6.61. The second-order valence-corrected chi connectivity index (χ2v) is 8.16. The summed E-state index contributed by atoms with van der Waals surface area (Å²) in [5.41, 5.74) is -1.97. The summed E-state index contributed by atoms with van der Waals surface area (Å²) in [6.07, 6.45) is -1.73. The predicted octanol–water partition coefficient (Wildman–Crippen LogP) is 4.55. The number of rotatable bonds is 3. The molecular formula is C21H25F3N2O4. The average Bonchev–Trinajstić information content (AvgIpc) is 2.72. The largest absolute Gasteiger partial charge is 0.470 e. The topological polar surface area (TPSA) is 64.8 Å². The molecule has 1 aromatic carbocycles. The molecule has 1 aliphatic carbocycles. The molecule has 2 heterocycles. The molecule has 0 aromatic heterocycles. The molecule has 3 aliphatic rings. The molecule has 0 bridgehead atoms. The molecule has 9 heteroatoms. The van der Waals surface area contributed by atoms with Gasteiger partial charge < -0.3 is 9.47 Å². The molecule has 0 radical (unpaired) electrons. The summed E-state index contributed by atoms with van der Waals surface area (Å²) in [6.45, 7) is 3.70. The molecule has 0 amide bonds. The molecule has 2 fully saturated rings. The first-order valence-corrected chi connectivity index (χ1v) is 10.3. The maximum atomic E-state index is 13.9. The average molecular weight is 426 g/mol. The fourth-order valence-corrected chi connectivity index (χ4v) is 5.47. The third-order valence-electron chi connectivity index (χ3n) is 6.61. The summed E-state index contributed by atoms with van der Waals surface area (Å²) >= 11 is 0. The van der Waals surface area contributed by atoms with E-state index in [1.165, 1.54) is 25.1 Å². The highest BCUT2D eigenvalue weighted by Gasteiger charge is 2.59. The lowest BCUT2D eigenvalue weighted by Crippen LogP contribution is -2.63. The van der Waals surface area contributed by atoms with Crippen molar-refractivity contribution in [1.82, 2.24) is 4.90 Å². The number of allylic oxidation sites excluding steroid dienone is 2. The Bertz CT molecular complexity index is 851. The summed E-state index contributed by atoms with van der Waals surface area (Å²) in [5.74, 6) is -1.33. The van der Waals surface area contributed by atoms with Gasteiger partial charge in [0.1, 0.15) is 0 Å². The monoisotopic (exact) mass is 426 g/mol. The Kier molecular flexibility index (Phi) is 5.52. The van der Waals surface area contributed by atoms with E-state index in [0.717, 1.165) is 18.9 Å². The van der Waals surface area contributed by atoms with Crippen molar-refractivity contribution >= 4 is 0 Å². The Balaban J connectivity index is 1.91. The number of hydrogen-bond acceptors (Lipinski definition) is 5. The quantitative estimate of drug-likeness (QED) is 0.524. The minimum Gasteiger partial charge on any atom is -0.470 e. The SMILES string of the molecule is CC1=C([N+](=O)[O-])C(c2ccccc2C(F)(F)F)C2CCCCC2(N2CCOCC2)O1. The van der Waals surface area contributed by atoms with E-state index < -0.39 is 34.2 Å². The van der Waals surface area contributed by atoms with Gasteiger partial charge in [-0.1, -0.05) is 24.6 Å². The molecule has 0 N–H and O–H groups in total. The number of nitrogens with zero attached hydrogens (tertiary/aromatic N) is 2. The lowest BCUT2D eigenvalue weighted by atomic mass is 9.67. The van der Waals surface area contributed by atoms with Gasteiger partial charge in [0, 0.05) is 32.4 Å². The van der Waals surface area contributed by atoms with E-state index in [-0.39, 0.29) is 17.0 Å². The molecule has 1 saturated carbocycles. The zero-order valence-electron chi connectivity index (χ0n) is 16.8. The Morgan fingerprint density at radius 3 is 2.57 bits per heavy atom. The number of morpholine rings is 1. The van der Waals surface area contributed by atoms with Crippen molar-refractivity contribution in [2.24, 2.45) is 5.92 Å². The van der Waals surface area contributed by atoms with Gasteiger partial charge in [-0.15, -0.1) is 0 Å². The summed E-state index contributed by atoms with van der Waals surface area (Å²) in [4.78, 5) is 13.6. The van der Waals surface area contributed by atoms with Crippen LogP contribution in [0.3, 0.4) is 0 Å². The van der Waals surface area contributed by atoms with Crippen molar-refractivity contribution in [1.29, 1.82) is 0 Å². The predicted molar refractivity (Wildman–Crippen MR) is 102 cm³/mol. The van der Waals surface area contributed by atoms with E-state index in [0.29, 0.717) is 39.1 Å². The van der Waals surface area contributed by atoms with Gasteiger partial charge in [-0.25, -0.2) is 0 Å². The Morgan fingerprint density at radius 1 is 1.20 bits per heavy atom. The maximum Gasteiger partial charge on any atom is 0.416 e. The van der Waals surface area contributed by atoms with Crippen LogP contribution in [0.1, 0.15) is 49.7 Å². The molecule has 3 atom stereocenters. The van der Waals surface area contributed by atoms with Crippen LogP contribution in [0.5, 0.6) is 0 Å². The molecular weight excluding hydrogens is 401 g/mol. The van der Waals surface area contributed by atoms with E-state index in [2.05, 4.69) is 4.90 Å². The van der Waals surface area contributed by atoms with Crippen LogP contribution in [0.15, 0.2) is 35.7 Å². The molecule has 6 nitrogen and oxygen atoms in total. The number of fused-ring (bicyclic) bond motifs is 1. The van der Waals surface area contributed by atoms with Crippen LogP contribution < -0.4 is 0 Å². The summed E-state index contributed by atoms with van der Waals surface area (Å²) < 4.78 is 53.3. The number of benzene rings is 1. The summed E-state index contributed by atoms with van der Waals surface area (Å²) in [7, 11) is 0. The van der Waals surface area contributed by atoms with Crippen LogP contribution >= 0.6 is 0 Å². The molecule has 0 spiro atoms. The minimum absolute atomic E-state index is 0.0381. The van der Waals surface area contributed by atoms with Gasteiger partial charge in [-0.3, -0.25) is 15.0 Å². The van der Waals surface area contributed by atoms with Gasteiger partial charge in [-0.2, -0.15) is 13.2 Å². The van der Waals surface area contributed by atoms with Crippen LogP contribution in [0.4, 0.5) is 13.2 Å². The van der Waals surface area contributed by atoms with E-state index in [1.54, 1.807) is 0 Å². The highest BCUT2D eigenvalue weighted by atomic mass is 19.4. The van der Waals surface area contributed by atoms with Crippen LogP contribution in [0, 0.1) is 16.0 Å². The lowest BCUT2D eigenvalue weighted by Gasteiger charge is -2.55. The zero-order chi connectivity index (χ0) is 21.5. The van der Waals surface area contributed by atoms with Crippen molar-refractivity contribution in [3.8, 4) is 0 Å². The van der Waals surface area contributed by atoms with E-state index >= 15 is 0 Å². The standard InChI is InChI=1S/C21H25F3N2O4/c1-14-19(26(27)28)18(15-6-2-3-7-16(15)21(22,23)24)17-8-4-5-9-20(17,30-14)25-10-12-29-13-11-25/h2-3,6-7,17-18H,4-5,8-13H2,1H3. The van der Waals surface area contributed by atoms with Crippen molar-refractivity contribution in [3.05, 3.63) is 57.0 Å². The highest BCUT2D eigenvalue weighted by Crippen LogP contribution is 2.55. The number of ether oxygens (including phenoxy) is 2. The smallest absolute Gasteiger partial charge is 0.416 e. The Morgan fingerprint density at radius 2 is 1.90 bits per heavy atom. The molecule has 30 heavy (non-hydrogen) atoms. The van der Waals surface area contributed by atoms with Crippen molar-refractivity contribution in [2.45, 2.75) is 50.4 Å². The van der Waals surface area contributed by atoms with E-state index in [9.17, 15) is 23.3 Å². The first-order chi connectivity index (χ1) is 14.3. The molecule has 4 rings (SSSR count). The second kappa shape index (κ2) is 7.85. The van der Waals surface area contributed by atoms with Gasteiger partial charge in [-0.05, 0) is 24.5 Å². The molecule has 164 valence electrons. The fourth-order valence-electron chi connectivity index (χ4n) is 5.47. The molecule has 3 unspecified atom stereocenters. The normalized spacial score (nSPS) is 30.5. The van der Waals surface area contributed by atoms with E-state index in [1.807, 2.05) is 0 Å². The van der Waals surface area contributed by atoms with Crippen molar-refractivity contribution in [3.63, 3.8) is 0 Å². The van der Waals surface area contributed by atoms with Crippen LogP contribution in [0.2, 0.25) is 0 Å². The third kappa shape index (κ3) is 3.47. The lowest BCUT2D eigenvalue weighted by molar-refractivity contribution is -0.443. The first-order valence-electron chi connectivity index (χ1n) is 10.3. The van der Waals surface area contributed by atoms with Gasteiger partial charge in [0.2, 0.25) is 0 Å². The summed E-state index contributed by atoms with van der Waals surface area (Å²) in [6, 6.07) is 5.24. The van der Waals surface area contributed by atoms with E-state index in [4.69, 9.17) is 9.47 Å².